The van der Waals surface area contributed by atoms with Crippen LogP contribution in [0.3, 0.4) is 0 Å². The van der Waals surface area contributed by atoms with Gasteiger partial charge in [0.2, 0.25) is 0 Å². The molecule has 0 radical (unpaired) electrons. The quantitative estimate of drug-likeness (QED) is 0.883. The molecule has 21 heavy (non-hydrogen) atoms. The summed E-state index contributed by atoms with van der Waals surface area (Å²) in [5, 5.41) is 4.16. The Balaban J connectivity index is 1.95. The molecule has 0 saturated heterocycles. The van der Waals surface area contributed by atoms with Gasteiger partial charge in [-0.3, -0.25) is 0 Å². The second kappa shape index (κ2) is 5.54. The third-order valence-corrected chi connectivity index (χ3v) is 5.38. The molecule has 0 amide bonds. The molecule has 1 fully saturated rings. The van der Waals surface area contributed by atoms with E-state index in [1.807, 2.05) is 25.1 Å². The second-order valence-electron chi connectivity index (χ2n) is 6.22. The van der Waals surface area contributed by atoms with Crippen molar-refractivity contribution in [2.45, 2.75) is 45.1 Å². The Kier molecular flexibility index (Phi) is 3.88. The molecule has 1 aliphatic carbocycles. The molecule has 2 aromatic rings. The van der Waals surface area contributed by atoms with Gasteiger partial charge in [-0.1, -0.05) is 37.1 Å². The largest absolute Gasteiger partial charge is 0.334 e. The molecule has 5 heteroatoms. The second-order valence-corrected chi connectivity index (χ2v) is 7.01. The molecule has 2 N–H and O–H groups in total. The van der Waals surface area contributed by atoms with Crippen molar-refractivity contribution in [3.63, 3.8) is 0 Å². The lowest BCUT2D eigenvalue weighted by molar-refractivity contribution is 0.222. The highest BCUT2D eigenvalue weighted by Gasteiger charge is 2.37. The van der Waals surface area contributed by atoms with Crippen LogP contribution in [0.5, 0.6) is 0 Å². The van der Waals surface area contributed by atoms with E-state index < -0.39 is 5.54 Å². The highest BCUT2D eigenvalue weighted by molar-refractivity contribution is 9.10. The summed E-state index contributed by atoms with van der Waals surface area (Å²) in [6, 6.07) is 6.00. The van der Waals surface area contributed by atoms with Crippen LogP contribution in [0.15, 0.2) is 27.2 Å². The van der Waals surface area contributed by atoms with Crippen LogP contribution in [0.4, 0.5) is 0 Å². The van der Waals surface area contributed by atoms with Crippen LogP contribution in [-0.4, -0.2) is 10.1 Å². The monoisotopic (exact) mass is 349 g/mol. The Hall–Kier alpha value is -1.20. The average Bonchev–Trinajstić information content (AvgIpc) is 2.92. The number of benzene rings is 1. The van der Waals surface area contributed by atoms with E-state index in [4.69, 9.17) is 10.3 Å². The van der Waals surface area contributed by atoms with Crippen LogP contribution >= 0.6 is 15.9 Å². The van der Waals surface area contributed by atoms with Crippen LogP contribution in [0.25, 0.3) is 11.5 Å². The van der Waals surface area contributed by atoms with Gasteiger partial charge < -0.3 is 10.3 Å². The minimum Gasteiger partial charge on any atom is -0.334 e. The predicted molar refractivity (Wildman–Crippen MR) is 85.7 cm³/mol. The molecule has 1 aromatic heterocycles. The van der Waals surface area contributed by atoms with Gasteiger partial charge in [0.15, 0.2) is 5.82 Å². The Bertz CT molecular complexity index is 655. The van der Waals surface area contributed by atoms with Crippen molar-refractivity contribution >= 4 is 15.9 Å². The summed E-state index contributed by atoms with van der Waals surface area (Å²) in [6.07, 6.45) is 4.19. The minimum absolute atomic E-state index is 0.449. The Labute approximate surface area is 133 Å². The zero-order valence-electron chi connectivity index (χ0n) is 12.4. The van der Waals surface area contributed by atoms with E-state index in [1.54, 1.807) is 0 Å². The summed E-state index contributed by atoms with van der Waals surface area (Å²) in [6.45, 7) is 4.27. The van der Waals surface area contributed by atoms with Gasteiger partial charge in [-0.2, -0.15) is 4.98 Å². The molecule has 1 aromatic carbocycles. The summed E-state index contributed by atoms with van der Waals surface area (Å²) in [4.78, 5) is 4.58. The van der Waals surface area contributed by atoms with Crippen molar-refractivity contribution in [3.8, 4) is 11.5 Å². The third-order valence-electron chi connectivity index (χ3n) is 4.33. The van der Waals surface area contributed by atoms with Crippen molar-refractivity contribution in [3.05, 3.63) is 34.1 Å². The summed E-state index contributed by atoms with van der Waals surface area (Å²) in [5.41, 5.74) is 8.14. The van der Waals surface area contributed by atoms with Crippen molar-refractivity contribution in [1.29, 1.82) is 0 Å². The van der Waals surface area contributed by atoms with Gasteiger partial charge in [-0.05, 0) is 53.2 Å². The molecule has 3 rings (SSSR count). The molecule has 2 unspecified atom stereocenters. The first-order valence-corrected chi connectivity index (χ1v) is 8.17. The molecule has 1 saturated carbocycles. The number of aromatic nitrogens is 2. The first kappa shape index (κ1) is 14.7. The highest BCUT2D eigenvalue weighted by Crippen LogP contribution is 2.38. The molecular weight excluding hydrogens is 330 g/mol. The van der Waals surface area contributed by atoms with Crippen LogP contribution in [0, 0.1) is 12.8 Å². The standard InChI is InChI=1S/C16H20BrN3O/c1-10-5-4-8-16(18,9-10)15-19-14(21-20-15)12-7-3-6-11(2)13(12)17/h3,6-7,10H,4-5,8-9,18H2,1-2H3. The maximum atomic E-state index is 6.53. The fraction of sp³-hybridized carbons (Fsp3) is 0.500. The van der Waals surface area contributed by atoms with E-state index in [1.165, 1.54) is 6.42 Å². The fourth-order valence-corrected chi connectivity index (χ4v) is 3.58. The molecule has 4 nitrogen and oxygen atoms in total. The maximum Gasteiger partial charge on any atom is 0.259 e. The van der Waals surface area contributed by atoms with Gasteiger partial charge in [0.1, 0.15) is 0 Å². The zero-order valence-corrected chi connectivity index (χ0v) is 14.0. The Morgan fingerprint density at radius 1 is 1.43 bits per heavy atom. The van der Waals surface area contributed by atoms with Gasteiger partial charge in [-0.25, -0.2) is 0 Å². The number of rotatable bonds is 2. The molecule has 1 aliphatic rings. The molecule has 112 valence electrons. The zero-order chi connectivity index (χ0) is 15.0. The van der Waals surface area contributed by atoms with E-state index in [0.717, 1.165) is 34.9 Å². The number of halogens is 1. The van der Waals surface area contributed by atoms with Crippen LogP contribution in [0.1, 0.15) is 44.0 Å². The summed E-state index contributed by atoms with van der Waals surface area (Å²) in [7, 11) is 0. The first-order valence-electron chi connectivity index (χ1n) is 7.38. The Morgan fingerprint density at radius 3 is 3.00 bits per heavy atom. The van der Waals surface area contributed by atoms with Crippen LogP contribution in [0.2, 0.25) is 0 Å². The number of hydrogen-bond donors (Lipinski definition) is 1. The predicted octanol–water partition coefficient (Wildman–Crippen LogP) is 4.17. The molecule has 2 atom stereocenters. The number of aryl methyl sites for hydroxylation is 1. The highest BCUT2D eigenvalue weighted by atomic mass is 79.9. The van der Waals surface area contributed by atoms with Gasteiger partial charge >= 0.3 is 0 Å². The van der Waals surface area contributed by atoms with Gasteiger partial charge in [0.05, 0.1) is 11.1 Å². The van der Waals surface area contributed by atoms with E-state index in [0.29, 0.717) is 17.6 Å². The third kappa shape index (κ3) is 2.77. The maximum absolute atomic E-state index is 6.53. The minimum atomic E-state index is -0.449. The number of nitrogens with two attached hydrogens (primary N) is 1. The van der Waals surface area contributed by atoms with Gasteiger partial charge in [0, 0.05) is 4.47 Å². The molecule has 0 aliphatic heterocycles. The van der Waals surface area contributed by atoms with Crippen LogP contribution < -0.4 is 5.73 Å². The van der Waals surface area contributed by atoms with E-state index >= 15 is 0 Å². The van der Waals surface area contributed by atoms with E-state index in [2.05, 4.69) is 33.0 Å². The fourth-order valence-electron chi connectivity index (χ4n) is 3.14. The average molecular weight is 350 g/mol. The van der Waals surface area contributed by atoms with Crippen molar-refractivity contribution in [2.75, 3.05) is 0 Å². The smallest absolute Gasteiger partial charge is 0.259 e. The normalized spacial score (nSPS) is 26.0. The number of nitrogens with zero attached hydrogens (tertiary/aromatic N) is 2. The van der Waals surface area contributed by atoms with E-state index in [-0.39, 0.29) is 0 Å². The molecular formula is C16H20BrN3O. The lowest BCUT2D eigenvalue weighted by atomic mass is 9.76. The first-order chi connectivity index (χ1) is 9.99. The van der Waals surface area contributed by atoms with Crippen molar-refractivity contribution in [2.24, 2.45) is 11.7 Å². The summed E-state index contributed by atoms with van der Waals surface area (Å²) in [5.74, 6) is 1.78. The summed E-state index contributed by atoms with van der Waals surface area (Å²) < 4.78 is 6.46. The van der Waals surface area contributed by atoms with Crippen LogP contribution in [-0.2, 0) is 5.54 Å². The molecule has 0 spiro atoms. The molecule has 0 bridgehead atoms. The van der Waals surface area contributed by atoms with Crippen molar-refractivity contribution in [1.82, 2.24) is 10.1 Å². The van der Waals surface area contributed by atoms with Crippen molar-refractivity contribution < 1.29 is 4.52 Å². The van der Waals surface area contributed by atoms with Gasteiger partial charge in [-0.15, -0.1) is 0 Å². The molecule has 1 heterocycles. The summed E-state index contributed by atoms with van der Waals surface area (Å²) >= 11 is 3.59. The van der Waals surface area contributed by atoms with E-state index in [9.17, 15) is 0 Å². The lowest BCUT2D eigenvalue weighted by Gasteiger charge is -2.33. The topological polar surface area (TPSA) is 64.9 Å². The SMILES string of the molecule is Cc1cccc(-c2nc(C3(N)CCCC(C)C3)no2)c1Br. The number of hydrogen-bond acceptors (Lipinski definition) is 4. The van der Waals surface area contributed by atoms with Gasteiger partial charge in [0.25, 0.3) is 5.89 Å². The Morgan fingerprint density at radius 2 is 2.24 bits per heavy atom. The lowest BCUT2D eigenvalue weighted by Crippen LogP contribution is -2.42.